The molecule has 138 valence electrons. The van der Waals surface area contributed by atoms with Crippen LogP contribution in [-0.2, 0) is 9.53 Å². The molecule has 0 radical (unpaired) electrons. The van der Waals surface area contributed by atoms with Crippen LogP contribution in [-0.4, -0.2) is 47.0 Å². The van der Waals surface area contributed by atoms with E-state index in [4.69, 9.17) is 16.3 Å². The number of thioether (sulfide) groups is 1. The number of carbonyl (C=O) groups excluding carboxylic acids is 2. The highest BCUT2D eigenvalue weighted by Crippen LogP contribution is 2.25. The standard InChI is InChI=1S/C16H17ClN4O3S2/c17-11-5-3-10(4-6-11)14(23)19-15-20-21-16(26-15)25-9-13(22)18-8-12-2-1-7-24-12/h3-6,12H,1-2,7-9H2,(H,18,22)(H,19,20,23)/t12-/m1/s1. The second-order valence-electron chi connectivity index (χ2n) is 5.56. The van der Waals surface area contributed by atoms with Gasteiger partial charge in [-0.2, -0.15) is 0 Å². The number of hydrogen-bond acceptors (Lipinski definition) is 7. The molecule has 3 rings (SSSR count). The third-order valence-corrected chi connectivity index (χ3v) is 5.83. The van der Waals surface area contributed by atoms with Gasteiger partial charge >= 0.3 is 0 Å². The van der Waals surface area contributed by atoms with Crippen molar-refractivity contribution in [3.63, 3.8) is 0 Å². The van der Waals surface area contributed by atoms with E-state index in [2.05, 4.69) is 20.8 Å². The third kappa shape index (κ3) is 5.66. The Morgan fingerprint density at radius 2 is 2.12 bits per heavy atom. The van der Waals surface area contributed by atoms with Crippen molar-refractivity contribution in [1.82, 2.24) is 15.5 Å². The van der Waals surface area contributed by atoms with Crippen molar-refractivity contribution in [2.24, 2.45) is 0 Å². The van der Waals surface area contributed by atoms with Gasteiger partial charge in [-0.1, -0.05) is 34.7 Å². The molecular formula is C16H17ClN4O3S2. The molecule has 0 bridgehead atoms. The molecule has 0 aliphatic carbocycles. The highest BCUT2D eigenvalue weighted by atomic mass is 35.5. The minimum atomic E-state index is -0.288. The largest absolute Gasteiger partial charge is 0.376 e. The number of halogens is 1. The number of ether oxygens (including phenoxy) is 1. The van der Waals surface area contributed by atoms with E-state index in [9.17, 15) is 9.59 Å². The number of amides is 2. The molecule has 0 spiro atoms. The lowest BCUT2D eigenvalue weighted by Gasteiger charge is -2.09. The second-order valence-corrected chi connectivity index (χ2v) is 8.20. The van der Waals surface area contributed by atoms with Crippen molar-refractivity contribution in [3.05, 3.63) is 34.9 Å². The molecule has 1 fully saturated rings. The van der Waals surface area contributed by atoms with E-state index in [1.807, 2.05) is 0 Å². The van der Waals surface area contributed by atoms with Crippen LogP contribution in [0.2, 0.25) is 5.02 Å². The molecule has 1 aromatic heterocycles. The summed E-state index contributed by atoms with van der Waals surface area (Å²) in [5.74, 6) is -0.122. The Bertz CT molecular complexity index is 763. The molecule has 2 amide bonds. The quantitative estimate of drug-likeness (QED) is 0.536. The Morgan fingerprint density at radius 1 is 1.31 bits per heavy atom. The molecule has 1 aliphatic heterocycles. The van der Waals surface area contributed by atoms with E-state index >= 15 is 0 Å². The van der Waals surface area contributed by atoms with E-state index in [1.165, 1.54) is 23.1 Å². The number of anilines is 1. The number of benzene rings is 1. The van der Waals surface area contributed by atoms with E-state index in [0.717, 1.165) is 19.4 Å². The van der Waals surface area contributed by atoms with E-state index in [-0.39, 0.29) is 23.7 Å². The third-order valence-electron chi connectivity index (χ3n) is 3.61. The number of nitrogens with one attached hydrogen (secondary N) is 2. The molecule has 1 aliphatic rings. The molecule has 0 saturated carbocycles. The van der Waals surface area contributed by atoms with Gasteiger partial charge < -0.3 is 10.1 Å². The molecule has 7 nitrogen and oxygen atoms in total. The van der Waals surface area contributed by atoms with Crippen molar-refractivity contribution >= 4 is 51.6 Å². The molecule has 1 saturated heterocycles. The van der Waals surface area contributed by atoms with Gasteiger partial charge in [0, 0.05) is 23.7 Å². The number of hydrogen-bond donors (Lipinski definition) is 2. The van der Waals surface area contributed by atoms with Crippen LogP contribution < -0.4 is 10.6 Å². The van der Waals surface area contributed by atoms with Crippen LogP contribution in [0, 0.1) is 0 Å². The van der Waals surface area contributed by atoms with Crippen molar-refractivity contribution < 1.29 is 14.3 Å². The van der Waals surface area contributed by atoms with Gasteiger partial charge in [0.2, 0.25) is 11.0 Å². The van der Waals surface area contributed by atoms with Crippen LogP contribution >= 0.6 is 34.7 Å². The van der Waals surface area contributed by atoms with Crippen LogP contribution in [0.25, 0.3) is 0 Å². The summed E-state index contributed by atoms with van der Waals surface area (Å²) in [6.07, 6.45) is 2.16. The molecular weight excluding hydrogens is 396 g/mol. The lowest BCUT2D eigenvalue weighted by Crippen LogP contribution is -2.32. The number of carbonyl (C=O) groups is 2. The minimum absolute atomic E-state index is 0.0764. The summed E-state index contributed by atoms with van der Waals surface area (Å²) in [4.78, 5) is 24.0. The number of aromatic nitrogens is 2. The maximum atomic E-state index is 12.1. The van der Waals surface area contributed by atoms with Gasteiger partial charge in [0.15, 0.2) is 4.34 Å². The first-order valence-electron chi connectivity index (χ1n) is 8.01. The Hall–Kier alpha value is -1.68. The van der Waals surface area contributed by atoms with E-state index < -0.39 is 0 Å². The first-order valence-corrected chi connectivity index (χ1v) is 10.2. The second kappa shape index (κ2) is 9.31. The van der Waals surface area contributed by atoms with Crippen molar-refractivity contribution in [2.45, 2.75) is 23.3 Å². The summed E-state index contributed by atoms with van der Waals surface area (Å²) in [6, 6.07) is 6.56. The zero-order valence-electron chi connectivity index (χ0n) is 13.7. The number of rotatable bonds is 7. The fourth-order valence-corrected chi connectivity index (χ4v) is 4.00. The SMILES string of the molecule is O=C(CSc1nnc(NC(=O)c2ccc(Cl)cc2)s1)NC[C@H]1CCCO1. The van der Waals surface area contributed by atoms with Crippen molar-refractivity contribution in [3.8, 4) is 0 Å². The maximum Gasteiger partial charge on any atom is 0.257 e. The normalized spacial score (nSPS) is 16.4. The minimum Gasteiger partial charge on any atom is -0.376 e. The molecule has 1 aromatic carbocycles. The van der Waals surface area contributed by atoms with Gasteiger partial charge in [-0.05, 0) is 37.1 Å². The zero-order chi connectivity index (χ0) is 18.4. The summed E-state index contributed by atoms with van der Waals surface area (Å²) < 4.78 is 6.07. The summed E-state index contributed by atoms with van der Waals surface area (Å²) in [5, 5.41) is 14.4. The van der Waals surface area contributed by atoms with Crippen LogP contribution in [0.5, 0.6) is 0 Å². The molecule has 26 heavy (non-hydrogen) atoms. The molecule has 2 heterocycles. The fourth-order valence-electron chi connectivity index (χ4n) is 2.30. The van der Waals surface area contributed by atoms with Gasteiger partial charge in [-0.15, -0.1) is 10.2 Å². The monoisotopic (exact) mass is 412 g/mol. The van der Waals surface area contributed by atoms with E-state index in [0.29, 0.717) is 26.6 Å². The van der Waals surface area contributed by atoms with Crippen LogP contribution in [0.15, 0.2) is 28.6 Å². The first-order chi connectivity index (χ1) is 12.6. The lowest BCUT2D eigenvalue weighted by atomic mass is 10.2. The van der Waals surface area contributed by atoms with Crippen molar-refractivity contribution in [2.75, 3.05) is 24.2 Å². The van der Waals surface area contributed by atoms with Crippen LogP contribution in [0.1, 0.15) is 23.2 Å². The number of nitrogens with zero attached hydrogens (tertiary/aromatic N) is 2. The van der Waals surface area contributed by atoms with Crippen LogP contribution in [0.3, 0.4) is 0 Å². The smallest absolute Gasteiger partial charge is 0.257 e. The Morgan fingerprint density at radius 3 is 2.85 bits per heavy atom. The molecule has 1 atom stereocenters. The topological polar surface area (TPSA) is 93.2 Å². The van der Waals surface area contributed by atoms with Gasteiger partial charge in [0.05, 0.1) is 11.9 Å². The average Bonchev–Trinajstić information content (AvgIpc) is 3.30. The maximum absolute atomic E-state index is 12.1. The van der Waals surface area contributed by atoms with Crippen LogP contribution in [0.4, 0.5) is 5.13 Å². The van der Waals surface area contributed by atoms with Gasteiger partial charge in [0.1, 0.15) is 0 Å². The predicted octanol–water partition coefficient (Wildman–Crippen LogP) is 2.83. The average molecular weight is 413 g/mol. The molecule has 2 N–H and O–H groups in total. The van der Waals surface area contributed by atoms with Gasteiger partial charge in [-0.25, -0.2) is 0 Å². The zero-order valence-corrected chi connectivity index (χ0v) is 16.1. The summed E-state index contributed by atoms with van der Waals surface area (Å²) in [7, 11) is 0. The van der Waals surface area contributed by atoms with E-state index in [1.54, 1.807) is 24.3 Å². The van der Waals surface area contributed by atoms with Crippen molar-refractivity contribution in [1.29, 1.82) is 0 Å². The highest BCUT2D eigenvalue weighted by molar-refractivity contribution is 8.01. The summed E-state index contributed by atoms with van der Waals surface area (Å²) >= 11 is 8.31. The lowest BCUT2D eigenvalue weighted by molar-refractivity contribution is -0.119. The first kappa shape index (κ1) is 19.1. The molecule has 2 aromatic rings. The van der Waals surface area contributed by atoms with Gasteiger partial charge in [0.25, 0.3) is 5.91 Å². The highest BCUT2D eigenvalue weighted by Gasteiger charge is 2.16. The predicted molar refractivity (Wildman–Crippen MR) is 102 cm³/mol. The Kier molecular flexibility index (Phi) is 6.84. The molecule has 10 heteroatoms. The Labute approximate surface area is 163 Å². The molecule has 0 unspecified atom stereocenters. The summed E-state index contributed by atoms with van der Waals surface area (Å²) in [6.45, 7) is 1.31. The fraction of sp³-hybridized carbons (Fsp3) is 0.375. The Balaban J connectivity index is 1.43. The van der Waals surface area contributed by atoms with Gasteiger partial charge in [-0.3, -0.25) is 14.9 Å². The summed E-state index contributed by atoms with van der Waals surface area (Å²) in [5.41, 5.74) is 0.479.